The topological polar surface area (TPSA) is 3.24 Å². The summed E-state index contributed by atoms with van der Waals surface area (Å²) in [7, 11) is 0. The molecule has 3 aliphatic carbocycles. The minimum absolute atomic E-state index is 0.167. The van der Waals surface area contributed by atoms with Gasteiger partial charge in [-0.1, -0.05) is 220 Å². The normalized spacial score (nSPS) is 15.4. The number of nitrogens with zero attached hydrogens (tertiary/aromatic N) is 1. The lowest BCUT2D eigenvalue weighted by atomic mass is 9.70. The highest BCUT2D eigenvalue weighted by atomic mass is 32.1. The van der Waals surface area contributed by atoms with E-state index in [1.807, 2.05) is 11.3 Å². The van der Waals surface area contributed by atoms with E-state index in [-0.39, 0.29) is 5.41 Å². The monoisotopic (exact) mass is 883 g/mol. The molecule has 0 amide bonds. The Balaban J connectivity index is 1.08. The zero-order chi connectivity index (χ0) is 45.1. The van der Waals surface area contributed by atoms with Crippen LogP contribution in [0.15, 0.2) is 237 Å². The summed E-state index contributed by atoms with van der Waals surface area (Å²) < 4.78 is 0. The van der Waals surface area contributed by atoms with E-state index in [9.17, 15) is 0 Å². The molecule has 320 valence electrons. The predicted octanol–water partition coefficient (Wildman–Crippen LogP) is 18.0. The average Bonchev–Trinajstić information content (AvgIpc) is 4.09. The Morgan fingerprint density at radius 1 is 0.353 bits per heavy atom. The van der Waals surface area contributed by atoms with E-state index in [2.05, 4.69) is 255 Å². The maximum atomic E-state index is 2.56. The number of para-hydroxylation sites is 1. The van der Waals surface area contributed by atoms with E-state index in [0.717, 1.165) is 17.1 Å². The van der Waals surface area contributed by atoms with Crippen LogP contribution in [0.25, 0.3) is 76.2 Å². The van der Waals surface area contributed by atoms with E-state index in [4.69, 9.17) is 0 Å². The van der Waals surface area contributed by atoms with Crippen molar-refractivity contribution in [3.8, 4) is 65.4 Å². The van der Waals surface area contributed by atoms with E-state index >= 15 is 0 Å². The first-order valence-electron chi connectivity index (χ1n) is 23.8. The molecule has 3 aliphatic rings. The van der Waals surface area contributed by atoms with Crippen molar-refractivity contribution in [2.75, 3.05) is 4.90 Å². The molecule has 0 radical (unpaired) electrons. The molecule has 2 heteroatoms. The SMILES string of the molecule is CC1(C)c2ccccc2-c2ccc(N(c3ccc4c(c3)C3(c5ccccc5-4)c4ccccc4-c4c(-c5ccccc5)sc(-c5ccccc5)c43)c3ccccc3-c3cccc4ccccc34)cc21. The Bertz CT molecular complexity index is 3830. The lowest BCUT2D eigenvalue weighted by Crippen LogP contribution is -2.26. The Morgan fingerprint density at radius 3 is 1.56 bits per heavy atom. The highest BCUT2D eigenvalue weighted by molar-refractivity contribution is 7.19. The Labute approximate surface area is 401 Å². The molecule has 1 heterocycles. The molecule has 10 aromatic carbocycles. The van der Waals surface area contributed by atoms with Gasteiger partial charge in [-0.3, -0.25) is 0 Å². The van der Waals surface area contributed by atoms with Crippen molar-refractivity contribution in [1.29, 1.82) is 0 Å². The fraction of sp³-hybridized carbons (Fsp3) is 0.0606. The summed E-state index contributed by atoms with van der Waals surface area (Å²) in [5.41, 5.74) is 23.6. The van der Waals surface area contributed by atoms with Gasteiger partial charge in [0.15, 0.2) is 0 Å². The third kappa shape index (κ3) is 5.38. The molecular formula is C66H45NS. The molecule has 0 saturated carbocycles. The highest BCUT2D eigenvalue weighted by Gasteiger charge is 2.54. The minimum atomic E-state index is -0.578. The van der Waals surface area contributed by atoms with Crippen LogP contribution in [0.5, 0.6) is 0 Å². The molecule has 1 unspecified atom stereocenters. The van der Waals surface area contributed by atoms with Gasteiger partial charge in [0.25, 0.3) is 0 Å². The van der Waals surface area contributed by atoms with Crippen LogP contribution in [0.1, 0.15) is 47.2 Å². The lowest BCUT2D eigenvalue weighted by Gasteiger charge is -2.33. The first-order chi connectivity index (χ1) is 33.5. The van der Waals surface area contributed by atoms with E-state index in [0.29, 0.717) is 0 Å². The summed E-state index contributed by atoms with van der Waals surface area (Å²) in [6, 6.07) is 88.7. The molecule has 0 saturated heterocycles. The van der Waals surface area contributed by atoms with Crippen molar-refractivity contribution in [2.45, 2.75) is 24.7 Å². The lowest BCUT2D eigenvalue weighted by molar-refractivity contribution is 0.660. The van der Waals surface area contributed by atoms with Gasteiger partial charge < -0.3 is 4.90 Å². The molecule has 0 fully saturated rings. The molecule has 14 rings (SSSR count). The van der Waals surface area contributed by atoms with Gasteiger partial charge in [-0.05, 0) is 119 Å². The van der Waals surface area contributed by atoms with Crippen LogP contribution >= 0.6 is 11.3 Å². The zero-order valence-electron chi connectivity index (χ0n) is 37.9. The van der Waals surface area contributed by atoms with Crippen LogP contribution in [-0.2, 0) is 10.8 Å². The zero-order valence-corrected chi connectivity index (χ0v) is 38.7. The van der Waals surface area contributed by atoms with Crippen molar-refractivity contribution >= 4 is 39.2 Å². The first kappa shape index (κ1) is 39.2. The Morgan fingerprint density at radius 2 is 0.838 bits per heavy atom. The smallest absolute Gasteiger partial charge is 0.0740 e. The summed E-state index contributed by atoms with van der Waals surface area (Å²) in [6.45, 7) is 4.77. The van der Waals surface area contributed by atoms with Gasteiger partial charge in [0.2, 0.25) is 0 Å². The van der Waals surface area contributed by atoms with Gasteiger partial charge >= 0.3 is 0 Å². The Hall–Kier alpha value is -8.04. The van der Waals surface area contributed by atoms with Gasteiger partial charge in [0.05, 0.1) is 11.1 Å². The fourth-order valence-electron chi connectivity index (χ4n) is 12.4. The van der Waals surface area contributed by atoms with E-state index in [1.54, 1.807) is 0 Å². The maximum absolute atomic E-state index is 2.56. The van der Waals surface area contributed by atoms with Crippen molar-refractivity contribution in [2.24, 2.45) is 0 Å². The number of hydrogen-bond acceptors (Lipinski definition) is 2. The number of thiophene rings is 1. The summed E-state index contributed by atoms with van der Waals surface area (Å²) >= 11 is 1.94. The van der Waals surface area contributed by atoms with Crippen LogP contribution < -0.4 is 4.90 Å². The number of benzene rings is 10. The van der Waals surface area contributed by atoms with Crippen LogP contribution in [0.4, 0.5) is 17.1 Å². The summed E-state index contributed by atoms with van der Waals surface area (Å²) in [4.78, 5) is 5.19. The van der Waals surface area contributed by atoms with Crippen LogP contribution in [0.2, 0.25) is 0 Å². The summed E-state index contributed by atoms with van der Waals surface area (Å²) in [5.74, 6) is 0. The molecule has 0 aliphatic heterocycles. The van der Waals surface area contributed by atoms with Gasteiger partial charge in [-0.25, -0.2) is 0 Å². The van der Waals surface area contributed by atoms with Gasteiger partial charge in [0, 0.05) is 37.7 Å². The third-order valence-corrected chi connectivity index (χ3v) is 16.6. The molecular weight excluding hydrogens is 839 g/mol. The molecule has 0 N–H and O–H groups in total. The molecule has 1 spiro atoms. The van der Waals surface area contributed by atoms with Crippen LogP contribution in [0.3, 0.4) is 0 Å². The second-order valence-corrected chi connectivity index (χ2v) is 20.1. The van der Waals surface area contributed by atoms with Crippen LogP contribution in [0, 0.1) is 0 Å². The van der Waals surface area contributed by atoms with E-state index in [1.165, 1.54) is 110 Å². The summed E-state index contributed by atoms with van der Waals surface area (Å²) in [5, 5.41) is 2.47. The summed E-state index contributed by atoms with van der Waals surface area (Å²) in [6.07, 6.45) is 0. The van der Waals surface area contributed by atoms with Gasteiger partial charge in [0.1, 0.15) is 0 Å². The van der Waals surface area contributed by atoms with Gasteiger partial charge in [-0.2, -0.15) is 0 Å². The highest BCUT2D eigenvalue weighted by Crippen LogP contribution is 2.68. The number of hydrogen-bond donors (Lipinski definition) is 0. The van der Waals surface area contributed by atoms with E-state index < -0.39 is 5.41 Å². The van der Waals surface area contributed by atoms with Crippen molar-refractivity contribution < 1.29 is 0 Å². The quantitative estimate of drug-likeness (QED) is 0.161. The molecule has 1 atom stereocenters. The van der Waals surface area contributed by atoms with Crippen LogP contribution in [-0.4, -0.2) is 0 Å². The van der Waals surface area contributed by atoms with Gasteiger partial charge in [-0.15, -0.1) is 11.3 Å². The molecule has 0 bridgehead atoms. The second-order valence-electron chi connectivity index (χ2n) is 19.1. The largest absolute Gasteiger partial charge is 0.310 e. The standard InChI is InChI=1S/C66H45NS/c1-65(2)55-32-15-11-27-49(55)51-38-36-45(40-58(51)65)67(60-35-18-14-29-53(60)48-31-19-25-42-20-9-10-26-47(42)48)46-37-39-52-50-28-12-16-33-56(50)66(59(52)41-46)57-34-17-13-30-54(57)61-62(66)64(44-23-7-4-8-24-44)68-63(61)43-21-5-3-6-22-43/h3-41H,1-2H3. The molecule has 11 aromatic rings. The molecule has 68 heavy (non-hydrogen) atoms. The number of fused-ring (bicyclic) bond motifs is 14. The van der Waals surface area contributed by atoms with Crippen molar-refractivity contribution in [1.82, 2.24) is 0 Å². The Kier molecular flexibility index (Phi) is 8.48. The molecule has 1 aromatic heterocycles. The maximum Gasteiger partial charge on any atom is 0.0740 e. The van der Waals surface area contributed by atoms with Crippen molar-refractivity contribution in [3.05, 3.63) is 270 Å². The third-order valence-electron chi connectivity index (χ3n) is 15.3. The average molecular weight is 884 g/mol. The number of rotatable bonds is 6. The predicted molar refractivity (Wildman–Crippen MR) is 287 cm³/mol. The minimum Gasteiger partial charge on any atom is -0.310 e. The molecule has 1 nitrogen and oxygen atoms in total. The van der Waals surface area contributed by atoms with Crippen molar-refractivity contribution in [3.63, 3.8) is 0 Å². The second kappa shape index (κ2) is 14.7. The number of anilines is 3. The first-order valence-corrected chi connectivity index (χ1v) is 24.6. The fourth-order valence-corrected chi connectivity index (χ4v) is 13.8.